The van der Waals surface area contributed by atoms with Crippen LogP contribution in [0.5, 0.6) is 0 Å². The molecule has 0 spiro atoms. The Kier molecular flexibility index (Phi) is 7.45. The van der Waals surface area contributed by atoms with Crippen LogP contribution in [0.3, 0.4) is 0 Å². The van der Waals surface area contributed by atoms with Crippen LogP contribution in [-0.4, -0.2) is 10.7 Å². The van der Waals surface area contributed by atoms with E-state index in [0.717, 1.165) is 32.1 Å². The standard InChI is InChI=1S/C20H34O/c1-16(2)19-12-11-18(4)9-6-8-17(3)10-7-14-20(5,21)15-13-19/h9-10,13,15-16,19,21H,6-8,11-12,14H2,1-5H3. The third kappa shape index (κ3) is 7.66. The largest absolute Gasteiger partial charge is 0.386 e. The topological polar surface area (TPSA) is 20.2 Å². The first-order valence-corrected chi connectivity index (χ1v) is 8.53. The SMILES string of the molecule is CC1=CCCC(C)(O)C=CC(C(C)C)CCC(C)=CCC1. The molecule has 1 N–H and O–H groups in total. The molecule has 1 nitrogen and oxygen atoms in total. The fourth-order valence-corrected chi connectivity index (χ4v) is 2.82. The molecular weight excluding hydrogens is 256 g/mol. The third-order valence-electron chi connectivity index (χ3n) is 4.61. The van der Waals surface area contributed by atoms with E-state index in [0.29, 0.717) is 11.8 Å². The molecule has 0 aromatic rings. The zero-order chi connectivity index (χ0) is 15.9. The zero-order valence-electron chi connectivity index (χ0n) is 14.7. The first kappa shape index (κ1) is 18.2. The Morgan fingerprint density at radius 3 is 2.38 bits per heavy atom. The number of allylic oxidation sites excluding steroid dienone is 5. The molecule has 120 valence electrons. The summed E-state index contributed by atoms with van der Waals surface area (Å²) in [5.74, 6) is 1.18. The van der Waals surface area contributed by atoms with Crippen LogP contribution in [0.2, 0.25) is 0 Å². The van der Waals surface area contributed by atoms with Crippen LogP contribution < -0.4 is 0 Å². The summed E-state index contributed by atoms with van der Waals surface area (Å²) in [4.78, 5) is 0. The van der Waals surface area contributed by atoms with Crippen LogP contribution in [0.1, 0.15) is 73.1 Å². The Morgan fingerprint density at radius 1 is 1.10 bits per heavy atom. The molecule has 1 rings (SSSR count). The van der Waals surface area contributed by atoms with E-state index in [2.05, 4.69) is 45.9 Å². The summed E-state index contributed by atoms with van der Waals surface area (Å²) < 4.78 is 0. The van der Waals surface area contributed by atoms with Gasteiger partial charge in [0.15, 0.2) is 0 Å². The fraction of sp³-hybridized carbons (Fsp3) is 0.700. The number of hydrogen-bond donors (Lipinski definition) is 1. The molecule has 2 unspecified atom stereocenters. The highest BCUT2D eigenvalue weighted by Gasteiger charge is 2.17. The van der Waals surface area contributed by atoms with Crippen molar-refractivity contribution in [1.82, 2.24) is 0 Å². The van der Waals surface area contributed by atoms with Crippen molar-refractivity contribution in [2.45, 2.75) is 78.7 Å². The van der Waals surface area contributed by atoms with Gasteiger partial charge in [-0.05, 0) is 71.1 Å². The molecule has 0 saturated heterocycles. The summed E-state index contributed by atoms with van der Waals surface area (Å²) >= 11 is 0. The quantitative estimate of drug-likeness (QED) is 0.604. The van der Waals surface area contributed by atoms with Gasteiger partial charge in [-0.1, -0.05) is 49.3 Å². The Morgan fingerprint density at radius 2 is 1.71 bits per heavy atom. The average molecular weight is 290 g/mol. The maximum atomic E-state index is 10.5. The lowest BCUT2D eigenvalue weighted by molar-refractivity contribution is 0.102. The second-order valence-corrected chi connectivity index (χ2v) is 7.34. The van der Waals surface area contributed by atoms with E-state index in [1.54, 1.807) is 0 Å². The summed E-state index contributed by atoms with van der Waals surface area (Å²) in [6, 6.07) is 0. The highest BCUT2D eigenvalue weighted by Crippen LogP contribution is 2.25. The van der Waals surface area contributed by atoms with Crippen molar-refractivity contribution >= 4 is 0 Å². The minimum Gasteiger partial charge on any atom is -0.386 e. The van der Waals surface area contributed by atoms with Crippen molar-refractivity contribution in [2.75, 3.05) is 0 Å². The number of hydrogen-bond acceptors (Lipinski definition) is 1. The summed E-state index contributed by atoms with van der Waals surface area (Å²) in [7, 11) is 0. The highest BCUT2D eigenvalue weighted by molar-refractivity contribution is 5.08. The second kappa shape index (κ2) is 8.58. The summed E-state index contributed by atoms with van der Waals surface area (Å²) in [5.41, 5.74) is 2.26. The molecule has 1 aliphatic rings. The van der Waals surface area contributed by atoms with Gasteiger partial charge in [0, 0.05) is 0 Å². The van der Waals surface area contributed by atoms with Crippen molar-refractivity contribution in [1.29, 1.82) is 0 Å². The highest BCUT2D eigenvalue weighted by atomic mass is 16.3. The summed E-state index contributed by atoms with van der Waals surface area (Å²) in [6.45, 7) is 10.9. The normalized spacial score (nSPS) is 29.8. The molecule has 21 heavy (non-hydrogen) atoms. The van der Waals surface area contributed by atoms with Gasteiger partial charge in [0.2, 0.25) is 0 Å². The molecule has 0 saturated carbocycles. The van der Waals surface area contributed by atoms with E-state index < -0.39 is 5.60 Å². The zero-order valence-corrected chi connectivity index (χ0v) is 14.7. The maximum absolute atomic E-state index is 10.5. The van der Waals surface area contributed by atoms with E-state index in [1.165, 1.54) is 17.6 Å². The van der Waals surface area contributed by atoms with Crippen LogP contribution in [0.15, 0.2) is 35.5 Å². The van der Waals surface area contributed by atoms with Gasteiger partial charge < -0.3 is 5.11 Å². The molecular formula is C20H34O. The van der Waals surface area contributed by atoms with E-state index >= 15 is 0 Å². The summed E-state index contributed by atoms with van der Waals surface area (Å²) in [6.07, 6.45) is 15.4. The predicted octanol–water partition coefficient (Wildman–Crippen LogP) is 5.81. The number of aliphatic hydroxyl groups is 1. The molecule has 1 aliphatic carbocycles. The fourth-order valence-electron chi connectivity index (χ4n) is 2.82. The molecule has 0 bridgehead atoms. The average Bonchev–Trinajstić information content (AvgIpc) is 2.37. The molecule has 0 aliphatic heterocycles. The smallest absolute Gasteiger partial charge is 0.0802 e. The summed E-state index contributed by atoms with van der Waals surface area (Å²) in [5, 5.41) is 10.5. The Balaban J connectivity index is 2.87. The van der Waals surface area contributed by atoms with Gasteiger partial charge >= 0.3 is 0 Å². The third-order valence-corrected chi connectivity index (χ3v) is 4.61. The van der Waals surface area contributed by atoms with Gasteiger partial charge in [-0.2, -0.15) is 0 Å². The lowest BCUT2D eigenvalue weighted by Crippen LogP contribution is -2.21. The van der Waals surface area contributed by atoms with Crippen LogP contribution >= 0.6 is 0 Å². The molecule has 1 heteroatoms. The Bertz CT molecular complexity index is 396. The van der Waals surface area contributed by atoms with Crippen molar-refractivity contribution in [2.24, 2.45) is 11.8 Å². The van der Waals surface area contributed by atoms with Gasteiger partial charge in [0.1, 0.15) is 0 Å². The van der Waals surface area contributed by atoms with Crippen molar-refractivity contribution in [3.63, 3.8) is 0 Å². The van der Waals surface area contributed by atoms with Gasteiger partial charge in [0.05, 0.1) is 5.60 Å². The molecule has 0 radical (unpaired) electrons. The van der Waals surface area contributed by atoms with E-state index in [-0.39, 0.29) is 0 Å². The van der Waals surface area contributed by atoms with Gasteiger partial charge in [-0.15, -0.1) is 0 Å². The molecule has 0 aromatic carbocycles. The predicted molar refractivity (Wildman–Crippen MR) is 93.3 cm³/mol. The van der Waals surface area contributed by atoms with Gasteiger partial charge in [-0.3, -0.25) is 0 Å². The van der Waals surface area contributed by atoms with E-state index in [1.807, 2.05) is 13.0 Å². The molecule has 0 amide bonds. The van der Waals surface area contributed by atoms with Gasteiger partial charge in [0.25, 0.3) is 0 Å². The van der Waals surface area contributed by atoms with Crippen LogP contribution in [0.25, 0.3) is 0 Å². The Hall–Kier alpha value is -0.820. The Labute approximate surface area is 131 Å². The second-order valence-electron chi connectivity index (χ2n) is 7.34. The van der Waals surface area contributed by atoms with Crippen LogP contribution in [0.4, 0.5) is 0 Å². The minimum absolute atomic E-state index is 0.556. The first-order chi connectivity index (χ1) is 9.80. The molecule has 0 heterocycles. The van der Waals surface area contributed by atoms with Crippen molar-refractivity contribution in [3.8, 4) is 0 Å². The van der Waals surface area contributed by atoms with E-state index in [4.69, 9.17) is 0 Å². The lowest BCUT2D eigenvalue weighted by Gasteiger charge is -2.22. The lowest BCUT2D eigenvalue weighted by atomic mass is 9.87. The number of rotatable bonds is 1. The molecule has 0 fully saturated rings. The van der Waals surface area contributed by atoms with Crippen LogP contribution in [-0.2, 0) is 0 Å². The molecule has 2 atom stereocenters. The maximum Gasteiger partial charge on any atom is 0.0802 e. The first-order valence-electron chi connectivity index (χ1n) is 8.53. The molecule has 0 aromatic heterocycles. The van der Waals surface area contributed by atoms with Crippen LogP contribution in [0, 0.1) is 11.8 Å². The van der Waals surface area contributed by atoms with Crippen molar-refractivity contribution < 1.29 is 5.11 Å². The monoisotopic (exact) mass is 290 g/mol. The van der Waals surface area contributed by atoms with Crippen molar-refractivity contribution in [3.05, 3.63) is 35.5 Å². The van der Waals surface area contributed by atoms with Gasteiger partial charge in [-0.25, -0.2) is 0 Å². The van der Waals surface area contributed by atoms with E-state index in [9.17, 15) is 5.11 Å². The minimum atomic E-state index is -0.682.